The average Bonchev–Trinajstić information content (AvgIpc) is 2.59. The molecule has 2 nitrogen and oxygen atoms in total. The van der Waals surface area contributed by atoms with Gasteiger partial charge in [0.2, 0.25) is 11.8 Å². The van der Waals surface area contributed by atoms with Gasteiger partial charge in [0.25, 0.3) is 0 Å². The first kappa shape index (κ1) is 12.1. The van der Waals surface area contributed by atoms with E-state index < -0.39 is 30.2 Å². The van der Waals surface area contributed by atoms with Crippen molar-refractivity contribution in [3.63, 3.8) is 0 Å². The van der Waals surface area contributed by atoms with Crippen LogP contribution in [0, 0.1) is 5.92 Å². The number of alkyl halides is 6. The van der Waals surface area contributed by atoms with Crippen molar-refractivity contribution in [3.8, 4) is 0 Å². The number of carbonyl (C=O) groups is 1. The molecule has 1 heterocycles. The molecule has 0 spiro atoms. The number of amides is 1. The molecule has 1 rings (SSSR count). The zero-order valence-electron chi connectivity index (χ0n) is 7.49. The Labute approximate surface area is 80.8 Å². The standard InChI is InChI=1S/C7H7F6NO/c1-3-2-14(3)5(15)4(6(8,9)10)7(11,12)13/h3-4H,2H2,1H3. The van der Waals surface area contributed by atoms with E-state index in [0.717, 1.165) is 0 Å². The van der Waals surface area contributed by atoms with Crippen LogP contribution in [-0.4, -0.2) is 35.7 Å². The van der Waals surface area contributed by atoms with Crippen molar-refractivity contribution >= 4 is 5.91 Å². The molecule has 0 bridgehead atoms. The average molecular weight is 235 g/mol. The molecular formula is C7H7F6NO. The van der Waals surface area contributed by atoms with Crippen molar-refractivity contribution in [3.05, 3.63) is 0 Å². The summed E-state index contributed by atoms with van der Waals surface area (Å²) < 4.78 is 72.1. The zero-order chi connectivity index (χ0) is 12.0. The number of carbonyl (C=O) groups excluding carboxylic acids is 1. The van der Waals surface area contributed by atoms with Crippen LogP contribution in [0.15, 0.2) is 0 Å². The molecule has 1 aliphatic rings. The van der Waals surface area contributed by atoms with Crippen LogP contribution in [0.4, 0.5) is 26.3 Å². The van der Waals surface area contributed by atoms with Gasteiger partial charge in [-0.05, 0) is 6.92 Å². The SMILES string of the molecule is CC1CN1C(=O)C(C(F)(F)F)C(F)(F)F. The molecule has 1 fully saturated rings. The zero-order valence-corrected chi connectivity index (χ0v) is 7.49. The van der Waals surface area contributed by atoms with Gasteiger partial charge < -0.3 is 4.90 Å². The van der Waals surface area contributed by atoms with Gasteiger partial charge in [-0.15, -0.1) is 0 Å². The van der Waals surface area contributed by atoms with E-state index in [9.17, 15) is 31.1 Å². The lowest BCUT2D eigenvalue weighted by Gasteiger charge is -2.22. The Kier molecular flexibility index (Phi) is 2.65. The molecule has 1 amide bonds. The lowest BCUT2D eigenvalue weighted by atomic mass is 10.1. The van der Waals surface area contributed by atoms with Crippen LogP contribution in [0.2, 0.25) is 0 Å². The molecular weight excluding hydrogens is 228 g/mol. The van der Waals surface area contributed by atoms with E-state index in [1.54, 1.807) is 0 Å². The molecule has 15 heavy (non-hydrogen) atoms. The van der Waals surface area contributed by atoms with Crippen LogP contribution in [0.25, 0.3) is 0 Å². The molecule has 0 N–H and O–H groups in total. The second kappa shape index (κ2) is 3.28. The van der Waals surface area contributed by atoms with E-state index >= 15 is 0 Å². The maximum absolute atomic E-state index is 12.0. The maximum atomic E-state index is 12.0. The highest BCUT2D eigenvalue weighted by Gasteiger charge is 2.63. The highest BCUT2D eigenvalue weighted by molar-refractivity contribution is 5.82. The van der Waals surface area contributed by atoms with Crippen molar-refractivity contribution in [1.29, 1.82) is 0 Å². The third kappa shape index (κ3) is 2.54. The Balaban J connectivity index is 2.87. The van der Waals surface area contributed by atoms with Crippen molar-refractivity contribution in [1.82, 2.24) is 4.90 Å². The van der Waals surface area contributed by atoms with E-state index in [4.69, 9.17) is 0 Å². The Morgan fingerprint density at radius 1 is 1.20 bits per heavy atom. The first-order valence-electron chi connectivity index (χ1n) is 3.99. The van der Waals surface area contributed by atoms with E-state index in [1.165, 1.54) is 6.92 Å². The molecule has 0 radical (unpaired) electrons. The largest absolute Gasteiger partial charge is 0.409 e. The highest BCUT2D eigenvalue weighted by Crippen LogP contribution is 2.41. The summed E-state index contributed by atoms with van der Waals surface area (Å²) >= 11 is 0. The minimum atomic E-state index is -5.59. The minimum absolute atomic E-state index is 0.0541. The third-order valence-electron chi connectivity index (χ3n) is 2.04. The summed E-state index contributed by atoms with van der Waals surface area (Å²) in [5.74, 6) is -5.81. The van der Waals surface area contributed by atoms with Crippen LogP contribution in [-0.2, 0) is 4.79 Å². The van der Waals surface area contributed by atoms with Gasteiger partial charge >= 0.3 is 12.4 Å². The summed E-state index contributed by atoms with van der Waals surface area (Å²) in [6.45, 7) is 1.32. The number of halogens is 6. The Morgan fingerprint density at radius 2 is 1.53 bits per heavy atom. The van der Waals surface area contributed by atoms with E-state index in [-0.39, 0.29) is 6.54 Å². The summed E-state index contributed by atoms with van der Waals surface area (Å²) in [6.07, 6.45) is -11.2. The van der Waals surface area contributed by atoms with Crippen molar-refractivity contribution in [2.75, 3.05) is 6.54 Å². The molecule has 1 saturated heterocycles. The second-order valence-corrected chi connectivity index (χ2v) is 3.36. The molecule has 0 aromatic carbocycles. The minimum Gasteiger partial charge on any atom is -0.335 e. The quantitative estimate of drug-likeness (QED) is 0.502. The molecule has 0 aromatic rings. The Hall–Kier alpha value is -0.950. The molecule has 1 aliphatic heterocycles. The lowest BCUT2D eigenvalue weighted by Crippen LogP contribution is -2.45. The fourth-order valence-corrected chi connectivity index (χ4v) is 1.18. The van der Waals surface area contributed by atoms with Gasteiger partial charge in [-0.2, -0.15) is 26.3 Å². The third-order valence-corrected chi connectivity index (χ3v) is 2.04. The molecule has 0 saturated carbocycles. The van der Waals surface area contributed by atoms with Crippen LogP contribution in [0.3, 0.4) is 0 Å². The van der Waals surface area contributed by atoms with E-state index in [0.29, 0.717) is 4.90 Å². The number of rotatable bonds is 1. The van der Waals surface area contributed by atoms with Crippen molar-refractivity contribution in [2.45, 2.75) is 25.3 Å². The fourth-order valence-electron chi connectivity index (χ4n) is 1.18. The first-order chi connectivity index (χ1) is 6.55. The van der Waals surface area contributed by atoms with E-state index in [1.807, 2.05) is 0 Å². The van der Waals surface area contributed by atoms with Gasteiger partial charge in [0, 0.05) is 12.6 Å². The summed E-state index contributed by atoms with van der Waals surface area (Å²) in [6, 6.07) is -0.537. The molecule has 1 unspecified atom stereocenters. The van der Waals surface area contributed by atoms with Gasteiger partial charge in [-0.25, -0.2) is 0 Å². The summed E-state index contributed by atoms with van der Waals surface area (Å²) in [4.78, 5) is 11.4. The van der Waals surface area contributed by atoms with Crippen molar-refractivity contribution < 1.29 is 31.1 Å². The number of hydrogen-bond acceptors (Lipinski definition) is 1. The predicted molar refractivity (Wildman–Crippen MR) is 36.8 cm³/mol. The molecule has 1 atom stereocenters. The predicted octanol–water partition coefficient (Wildman–Crippen LogP) is 1.96. The Bertz CT molecular complexity index is 256. The van der Waals surface area contributed by atoms with Crippen LogP contribution in [0.5, 0.6) is 0 Å². The van der Waals surface area contributed by atoms with Crippen LogP contribution in [0.1, 0.15) is 6.92 Å². The highest BCUT2D eigenvalue weighted by atomic mass is 19.4. The summed E-state index contributed by atoms with van der Waals surface area (Å²) in [7, 11) is 0. The molecule has 0 aliphatic carbocycles. The monoisotopic (exact) mass is 235 g/mol. The maximum Gasteiger partial charge on any atom is 0.409 e. The van der Waals surface area contributed by atoms with Gasteiger partial charge in [-0.3, -0.25) is 4.79 Å². The van der Waals surface area contributed by atoms with Gasteiger partial charge in [0.15, 0.2) is 0 Å². The Morgan fingerprint density at radius 3 is 1.73 bits per heavy atom. The second-order valence-electron chi connectivity index (χ2n) is 3.36. The smallest absolute Gasteiger partial charge is 0.335 e. The van der Waals surface area contributed by atoms with Crippen LogP contribution < -0.4 is 0 Å². The summed E-state index contributed by atoms with van der Waals surface area (Å²) in [5.41, 5.74) is 0. The number of nitrogens with zero attached hydrogens (tertiary/aromatic N) is 1. The fraction of sp³-hybridized carbons (Fsp3) is 0.857. The molecule has 0 aromatic heterocycles. The van der Waals surface area contributed by atoms with Crippen molar-refractivity contribution in [2.24, 2.45) is 5.92 Å². The summed E-state index contributed by atoms with van der Waals surface area (Å²) in [5, 5.41) is 0. The normalized spacial score (nSPS) is 22.1. The van der Waals surface area contributed by atoms with Crippen LogP contribution >= 0.6 is 0 Å². The van der Waals surface area contributed by atoms with Gasteiger partial charge in [0.1, 0.15) is 0 Å². The molecule has 8 heteroatoms. The van der Waals surface area contributed by atoms with Gasteiger partial charge in [-0.1, -0.05) is 0 Å². The van der Waals surface area contributed by atoms with Gasteiger partial charge in [0.05, 0.1) is 0 Å². The topological polar surface area (TPSA) is 20.1 Å². The molecule has 88 valence electrons. The first-order valence-corrected chi connectivity index (χ1v) is 3.99. The lowest BCUT2D eigenvalue weighted by molar-refractivity contribution is -0.276. The van der Waals surface area contributed by atoms with E-state index in [2.05, 4.69) is 0 Å². The number of hydrogen-bond donors (Lipinski definition) is 0.